The van der Waals surface area contributed by atoms with Gasteiger partial charge in [-0.1, -0.05) is 28.0 Å². The van der Waals surface area contributed by atoms with Crippen molar-refractivity contribution in [3.8, 4) is 0 Å². The van der Waals surface area contributed by atoms with Gasteiger partial charge in [-0.3, -0.25) is 9.69 Å². The highest BCUT2D eigenvalue weighted by Gasteiger charge is 2.40. The Kier molecular flexibility index (Phi) is 10.0. The number of unbranched alkanes of at least 4 members (excludes halogenated alkanes) is 1. The molecule has 2 aliphatic rings. The number of nitrogens with zero attached hydrogens (tertiary/aromatic N) is 1. The molecule has 5 atom stereocenters. The maximum Gasteiger partial charge on any atom is 0.305 e. The van der Waals surface area contributed by atoms with Gasteiger partial charge in [-0.15, -0.1) is 0 Å². The second-order valence-corrected chi connectivity index (χ2v) is 9.73. The van der Waals surface area contributed by atoms with Crippen LogP contribution in [0.25, 0.3) is 0 Å². The number of aliphatic hydroxyl groups excluding tert-OH is 4. The lowest BCUT2D eigenvalue weighted by Crippen LogP contribution is -2.62. The molecule has 9 heteroatoms. The van der Waals surface area contributed by atoms with Crippen LogP contribution in [0.2, 0.25) is 0 Å². The van der Waals surface area contributed by atoms with Gasteiger partial charge in [0.15, 0.2) is 0 Å². The average molecular weight is 410 g/mol. The number of likely N-dealkylation sites (tertiary alicyclic amines) is 1. The second-order valence-electron chi connectivity index (χ2n) is 6.94. The van der Waals surface area contributed by atoms with Crippen LogP contribution in [0.5, 0.6) is 0 Å². The molecule has 2 unspecified atom stereocenters. The maximum atomic E-state index is 11.8. The van der Waals surface area contributed by atoms with Crippen LogP contribution in [-0.2, 0) is 9.53 Å². The van der Waals surface area contributed by atoms with Gasteiger partial charge in [-0.25, -0.2) is 0 Å². The normalized spacial score (nSPS) is 32.7. The van der Waals surface area contributed by atoms with E-state index in [1.54, 1.807) is 4.90 Å². The van der Waals surface area contributed by atoms with E-state index in [0.717, 1.165) is 18.1 Å². The molecular weight excluding hydrogens is 378 g/mol. The van der Waals surface area contributed by atoms with Crippen LogP contribution >= 0.6 is 21.6 Å². The summed E-state index contributed by atoms with van der Waals surface area (Å²) in [6, 6.07) is -0.615. The van der Waals surface area contributed by atoms with Gasteiger partial charge in [0, 0.05) is 30.5 Å². The van der Waals surface area contributed by atoms with Crippen LogP contribution in [0.3, 0.4) is 0 Å². The molecule has 0 saturated carbocycles. The fraction of sp³-hybridized carbons (Fsp3) is 0.941. The number of esters is 1. The highest BCUT2D eigenvalue weighted by molar-refractivity contribution is 8.77. The van der Waals surface area contributed by atoms with Crippen LogP contribution in [0, 0.1) is 0 Å². The minimum Gasteiger partial charge on any atom is -0.466 e. The van der Waals surface area contributed by atoms with Crippen LogP contribution in [0.15, 0.2) is 0 Å². The quantitative estimate of drug-likeness (QED) is 0.231. The number of hydrogen-bond donors (Lipinski definition) is 4. The highest BCUT2D eigenvalue weighted by Crippen LogP contribution is 2.39. The van der Waals surface area contributed by atoms with Gasteiger partial charge in [-0.2, -0.15) is 0 Å². The molecule has 0 spiro atoms. The van der Waals surface area contributed by atoms with E-state index in [9.17, 15) is 25.2 Å². The molecule has 4 N–H and O–H groups in total. The predicted octanol–water partition coefficient (Wildman–Crippen LogP) is 0.393. The first kappa shape index (κ1) is 22.3. The Labute approximate surface area is 162 Å². The molecule has 2 fully saturated rings. The summed E-state index contributed by atoms with van der Waals surface area (Å²) in [6.45, 7) is 0.616. The largest absolute Gasteiger partial charge is 0.466 e. The van der Waals surface area contributed by atoms with Crippen molar-refractivity contribution in [3.05, 3.63) is 0 Å². The Morgan fingerprint density at radius 2 is 1.96 bits per heavy atom. The number of carbonyl (C=O) groups is 1. The highest BCUT2D eigenvalue weighted by atomic mass is 33.1. The van der Waals surface area contributed by atoms with E-state index in [4.69, 9.17) is 4.74 Å². The topological polar surface area (TPSA) is 110 Å². The van der Waals surface area contributed by atoms with Gasteiger partial charge in [0.25, 0.3) is 0 Å². The summed E-state index contributed by atoms with van der Waals surface area (Å²) in [6.07, 6.45) is 1.85. The molecule has 0 aromatic heterocycles. The smallest absolute Gasteiger partial charge is 0.305 e. The van der Waals surface area contributed by atoms with Crippen LogP contribution < -0.4 is 0 Å². The molecule has 0 aromatic carbocycles. The van der Waals surface area contributed by atoms with Crippen molar-refractivity contribution >= 4 is 27.6 Å². The summed E-state index contributed by atoms with van der Waals surface area (Å²) in [5.41, 5.74) is 0. The molecular formula is C17H31NO6S2. The van der Waals surface area contributed by atoms with Gasteiger partial charge >= 0.3 is 5.97 Å². The zero-order chi connectivity index (χ0) is 18.9. The summed E-state index contributed by atoms with van der Waals surface area (Å²) in [7, 11) is 3.89. The Hall–Kier alpha value is -0.0300. The molecule has 2 rings (SSSR count). The molecule has 2 saturated heterocycles. The minimum atomic E-state index is -1.25. The fourth-order valence-corrected chi connectivity index (χ4v) is 6.39. The monoisotopic (exact) mass is 409 g/mol. The SMILES string of the molecule is O=C(CCCC[C@@H]1CCSS1)OCCCN1CC(O)[C@@H](O)[C@H](O)C1CO. The third-order valence-corrected chi connectivity index (χ3v) is 7.96. The second kappa shape index (κ2) is 11.7. The van der Waals surface area contributed by atoms with E-state index in [2.05, 4.69) is 0 Å². The van der Waals surface area contributed by atoms with Crippen molar-refractivity contribution < 1.29 is 30.0 Å². The molecule has 0 aliphatic carbocycles. The summed E-state index contributed by atoms with van der Waals surface area (Å²) >= 11 is 0. The lowest BCUT2D eigenvalue weighted by molar-refractivity contribution is -0.149. The van der Waals surface area contributed by atoms with Crippen molar-refractivity contribution in [1.82, 2.24) is 4.90 Å². The molecule has 0 radical (unpaired) electrons. The Morgan fingerprint density at radius 1 is 1.15 bits per heavy atom. The number of ether oxygens (including phenoxy) is 1. The summed E-state index contributed by atoms with van der Waals surface area (Å²) in [5, 5.41) is 39.5. The van der Waals surface area contributed by atoms with Gasteiger partial charge < -0.3 is 25.2 Å². The average Bonchev–Trinajstić information content (AvgIpc) is 3.14. The Bertz CT molecular complexity index is 424. The van der Waals surface area contributed by atoms with Gasteiger partial charge in [-0.05, 0) is 25.7 Å². The van der Waals surface area contributed by atoms with E-state index in [1.165, 1.54) is 18.6 Å². The summed E-state index contributed by atoms with van der Waals surface area (Å²) < 4.78 is 5.24. The minimum absolute atomic E-state index is 0.175. The van der Waals surface area contributed by atoms with Gasteiger partial charge in [0.2, 0.25) is 0 Å². The van der Waals surface area contributed by atoms with E-state index < -0.39 is 24.4 Å². The lowest BCUT2D eigenvalue weighted by Gasteiger charge is -2.43. The number of aliphatic hydroxyl groups is 4. The Morgan fingerprint density at radius 3 is 2.65 bits per heavy atom. The number of piperidine rings is 1. The number of carbonyl (C=O) groups excluding carboxylic acids is 1. The summed E-state index contributed by atoms with van der Waals surface area (Å²) in [4.78, 5) is 13.5. The van der Waals surface area contributed by atoms with Gasteiger partial charge in [0.1, 0.15) is 12.2 Å². The predicted molar refractivity (Wildman–Crippen MR) is 103 cm³/mol. The molecule has 0 aromatic rings. The zero-order valence-electron chi connectivity index (χ0n) is 15.0. The zero-order valence-corrected chi connectivity index (χ0v) is 16.7. The standard InChI is InChI=1S/C17H31NO6S2/c19-11-13-16(22)17(23)14(20)10-18(13)7-3-8-24-15(21)5-2-1-4-12-6-9-25-26-12/h12-14,16-17,19-20,22-23H,1-11H2/t12-,13?,14?,16-,17-/m1/s1. The third kappa shape index (κ3) is 6.85. The molecule has 7 nitrogen and oxygen atoms in total. The molecule has 0 amide bonds. The number of rotatable bonds is 10. The van der Waals surface area contributed by atoms with Crippen molar-refractivity contribution in [2.75, 3.05) is 32.1 Å². The van der Waals surface area contributed by atoms with E-state index in [0.29, 0.717) is 19.4 Å². The van der Waals surface area contributed by atoms with Crippen LogP contribution in [0.1, 0.15) is 38.5 Å². The number of β-amino-alcohol motifs (C(OH)–C–C–N with tert-alkyl or cyclic N) is 1. The first-order chi connectivity index (χ1) is 12.5. The van der Waals surface area contributed by atoms with E-state index in [1.807, 2.05) is 21.6 Å². The van der Waals surface area contributed by atoms with Crippen molar-refractivity contribution in [2.24, 2.45) is 0 Å². The number of hydrogen-bond acceptors (Lipinski definition) is 9. The first-order valence-corrected chi connectivity index (χ1v) is 11.7. The van der Waals surface area contributed by atoms with Crippen molar-refractivity contribution in [1.29, 1.82) is 0 Å². The van der Waals surface area contributed by atoms with Gasteiger partial charge in [0.05, 0.1) is 25.4 Å². The fourth-order valence-electron chi connectivity index (χ4n) is 3.37. The molecule has 2 heterocycles. The summed E-state index contributed by atoms with van der Waals surface area (Å²) in [5.74, 6) is 1.05. The van der Waals surface area contributed by atoms with E-state index >= 15 is 0 Å². The van der Waals surface area contributed by atoms with Crippen molar-refractivity contribution in [2.45, 2.75) is 68.1 Å². The first-order valence-electron chi connectivity index (χ1n) is 9.36. The van der Waals surface area contributed by atoms with E-state index in [-0.39, 0.29) is 25.7 Å². The van der Waals surface area contributed by atoms with Crippen LogP contribution in [-0.4, -0.2) is 93.0 Å². The maximum absolute atomic E-state index is 11.8. The molecule has 152 valence electrons. The lowest BCUT2D eigenvalue weighted by atomic mass is 9.94. The third-order valence-electron chi connectivity index (χ3n) is 4.95. The Balaban J connectivity index is 1.55. The van der Waals surface area contributed by atoms with Crippen molar-refractivity contribution in [3.63, 3.8) is 0 Å². The van der Waals surface area contributed by atoms with Crippen LogP contribution in [0.4, 0.5) is 0 Å². The molecule has 2 aliphatic heterocycles. The molecule has 26 heavy (non-hydrogen) atoms. The molecule has 0 bridgehead atoms.